The number of likely N-dealkylation sites (tertiary alicyclic amines) is 1. The Bertz CT molecular complexity index is 768. The van der Waals surface area contributed by atoms with Crippen molar-refractivity contribution in [2.45, 2.75) is 38.8 Å². The fraction of sp³-hybridized carbons (Fsp3) is 0.474. The highest BCUT2D eigenvalue weighted by Gasteiger charge is 2.35. The van der Waals surface area contributed by atoms with Crippen LogP contribution in [0.25, 0.3) is 11.0 Å². The van der Waals surface area contributed by atoms with Gasteiger partial charge in [-0.25, -0.2) is 0 Å². The SMILES string of the molecule is CCOCc1c(C(=O)N2CCCC[C@@H]2C(=O)NC)oc2ccccc12. The second kappa shape index (κ2) is 7.70. The Morgan fingerprint density at radius 1 is 1.32 bits per heavy atom. The lowest BCUT2D eigenvalue weighted by Crippen LogP contribution is -2.51. The molecule has 134 valence electrons. The highest BCUT2D eigenvalue weighted by Crippen LogP contribution is 2.29. The molecule has 2 aromatic rings. The maximum Gasteiger partial charge on any atom is 0.290 e. The summed E-state index contributed by atoms with van der Waals surface area (Å²) < 4.78 is 11.4. The van der Waals surface area contributed by atoms with Crippen molar-refractivity contribution in [3.8, 4) is 0 Å². The van der Waals surface area contributed by atoms with Crippen molar-refractivity contribution in [2.75, 3.05) is 20.2 Å². The first-order valence-electron chi connectivity index (χ1n) is 8.78. The van der Waals surface area contributed by atoms with Gasteiger partial charge in [0.2, 0.25) is 5.91 Å². The van der Waals surface area contributed by atoms with Gasteiger partial charge in [0.15, 0.2) is 5.76 Å². The summed E-state index contributed by atoms with van der Waals surface area (Å²) in [5.41, 5.74) is 1.41. The normalized spacial score (nSPS) is 17.7. The van der Waals surface area contributed by atoms with E-state index < -0.39 is 6.04 Å². The quantitative estimate of drug-likeness (QED) is 0.905. The highest BCUT2D eigenvalue weighted by atomic mass is 16.5. The van der Waals surface area contributed by atoms with Crippen LogP contribution in [0.5, 0.6) is 0 Å². The molecule has 0 radical (unpaired) electrons. The van der Waals surface area contributed by atoms with Gasteiger partial charge in [-0.2, -0.15) is 0 Å². The molecule has 1 saturated heterocycles. The number of amides is 2. The Labute approximate surface area is 147 Å². The van der Waals surface area contributed by atoms with Gasteiger partial charge in [0.25, 0.3) is 5.91 Å². The van der Waals surface area contributed by atoms with E-state index in [1.54, 1.807) is 11.9 Å². The third-order valence-electron chi connectivity index (χ3n) is 4.66. The fourth-order valence-electron chi connectivity index (χ4n) is 3.36. The first-order valence-corrected chi connectivity index (χ1v) is 8.78. The van der Waals surface area contributed by atoms with E-state index in [9.17, 15) is 9.59 Å². The second-order valence-corrected chi connectivity index (χ2v) is 6.17. The van der Waals surface area contributed by atoms with Gasteiger partial charge in [-0.05, 0) is 32.3 Å². The van der Waals surface area contributed by atoms with E-state index in [-0.39, 0.29) is 17.6 Å². The molecule has 1 aliphatic heterocycles. The maximum atomic E-state index is 13.2. The maximum absolute atomic E-state index is 13.2. The van der Waals surface area contributed by atoms with E-state index in [1.165, 1.54) is 0 Å². The monoisotopic (exact) mass is 344 g/mol. The Balaban J connectivity index is 1.99. The number of hydrogen-bond donors (Lipinski definition) is 1. The van der Waals surface area contributed by atoms with Gasteiger partial charge in [-0.3, -0.25) is 9.59 Å². The molecule has 3 rings (SSSR count). The number of carbonyl (C=O) groups is 2. The largest absolute Gasteiger partial charge is 0.451 e. The molecule has 0 aliphatic carbocycles. The number of likely N-dealkylation sites (N-methyl/N-ethyl adjacent to an activating group) is 1. The molecule has 6 nitrogen and oxygen atoms in total. The molecule has 25 heavy (non-hydrogen) atoms. The van der Waals surface area contributed by atoms with Crippen LogP contribution >= 0.6 is 0 Å². The Morgan fingerprint density at radius 2 is 2.12 bits per heavy atom. The molecule has 2 heterocycles. The highest BCUT2D eigenvalue weighted by molar-refractivity contribution is 6.01. The summed E-state index contributed by atoms with van der Waals surface area (Å²) in [6, 6.07) is 7.11. The van der Waals surface area contributed by atoms with Gasteiger partial charge in [0, 0.05) is 31.1 Å². The number of nitrogens with one attached hydrogen (secondary N) is 1. The van der Waals surface area contributed by atoms with Gasteiger partial charge < -0.3 is 19.4 Å². The van der Waals surface area contributed by atoms with Crippen LogP contribution in [-0.2, 0) is 16.1 Å². The van der Waals surface area contributed by atoms with Gasteiger partial charge >= 0.3 is 0 Å². The van der Waals surface area contributed by atoms with E-state index >= 15 is 0 Å². The number of nitrogens with zero attached hydrogens (tertiary/aromatic N) is 1. The number of fused-ring (bicyclic) bond motifs is 1. The number of rotatable bonds is 5. The van der Waals surface area contributed by atoms with E-state index in [0.29, 0.717) is 31.8 Å². The molecule has 2 amide bonds. The molecule has 6 heteroatoms. The molecule has 1 N–H and O–H groups in total. The molecule has 0 bridgehead atoms. The third-order valence-corrected chi connectivity index (χ3v) is 4.66. The van der Waals surface area contributed by atoms with E-state index in [2.05, 4.69) is 5.32 Å². The lowest BCUT2D eigenvalue weighted by atomic mass is 10.0. The molecule has 1 aromatic heterocycles. The standard InChI is InChI=1S/C19H24N2O4/c1-3-24-12-14-13-8-4-5-10-16(13)25-17(14)19(23)21-11-7-6-9-15(21)18(22)20-2/h4-5,8,10,15H,3,6-7,9,11-12H2,1-2H3,(H,20,22)/t15-/m1/s1. The van der Waals surface area contributed by atoms with Crippen LogP contribution in [0.1, 0.15) is 42.3 Å². The Hall–Kier alpha value is -2.34. The zero-order chi connectivity index (χ0) is 17.8. The van der Waals surface area contributed by atoms with Crippen molar-refractivity contribution in [3.05, 3.63) is 35.6 Å². The number of piperidine rings is 1. The van der Waals surface area contributed by atoms with Crippen molar-refractivity contribution >= 4 is 22.8 Å². The number of para-hydroxylation sites is 1. The average Bonchev–Trinajstić information content (AvgIpc) is 3.03. The molecule has 1 fully saturated rings. The summed E-state index contributed by atoms with van der Waals surface area (Å²) in [5.74, 6) is -0.0832. The summed E-state index contributed by atoms with van der Waals surface area (Å²) in [6.07, 6.45) is 2.50. The third kappa shape index (κ3) is 3.39. The number of hydrogen-bond acceptors (Lipinski definition) is 4. The minimum Gasteiger partial charge on any atom is -0.451 e. The Kier molecular flexibility index (Phi) is 5.38. The molecular weight excluding hydrogens is 320 g/mol. The minimum atomic E-state index is -0.445. The first-order chi connectivity index (χ1) is 12.2. The van der Waals surface area contributed by atoms with Crippen LogP contribution in [0.4, 0.5) is 0 Å². The molecular formula is C19H24N2O4. The second-order valence-electron chi connectivity index (χ2n) is 6.17. The molecule has 0 spiro atoms. The average molecular weight is 344 g/mol. The first kappa shape index (κ1) is 17.5. The minimum absolute atomic E-state index is 0.129. The lowest BCUT2D eigenvalue weighted by molar-refractivity contribution is -0.126. The van der Waals surface area contributed by atoms with E-state index in [1.807, 2.05) is 31.2 Å². The van der Waals surface area contributed by atoms with Gasteiger partial charge in [-0.1, -0.05) is 18.2 Å². The zero-order valence-electron chi connectivity index (χ0n) is 14.7. The van der Waals surface area contributed by atoms with Gasteiger partial charge in [-0.15, -0.1) is 0 Å². The molecule has 1 atom stereocenters. The van der Waals surface area contributed by atoms with Crippen molar-refractivity contribution in [1.82, 2.24) is 10.2 Å². The molecule has 0 unspecified atom stereocenters. The van der Waals surface area contributed by atoms with Crippen LogP contribution in [0.3, 0.4) is 0 Å². The predicted molar refractivity (Wildman–Crippen MR) is 94.3 cm³/mol. The van der Waals surface area contributed by atoms with Crippen LogP contribution in [0.15, 0.2) is 28.7 Å². The van der Waals surface area contributed by atoms with Crippen molar-refractivity contribution in [2.24, 2.45) is 0 Å². The van der Waals surface area contributed by atoms with Crippen LogP contribution in [0.2, 0.25) is 0 Å². The van der Waals surface area contributed by atoms with Crippen molar-refractivity contribution in [1.29, 1.82) is 0 Å². The van der Waals surface area contributed by atoms with Crippen LogP contribution in [0, 0.1) is 0 Å². The summed E-state index contributed by atoms with van der Waals surface area (Å²) in [4.78, 5) is 27.0. The van der Waals surface area contributed by atoms with Crippen LogP contribution in [-0.4, -0.2) is 43.0 Å². The number of carbonyl (C=O) groups excluding carboxylic acids is 2. The number of benzene rings is 1. The van der Waals surface area contributed by atoms with Crippen LogP contribution < -0.4 is 5.32 Å². The van der Waals surface area contributed by atoms with Gasteiger partial charge in [0.05, 0.1) is 6.61 Å². The topological polar surface area (TPSA) is 71.8 Å². The molecule has 0 saturated carbocycles. The predicted octanol–water partition coefficient (Wildman–Crippen LogP) is 2.71. The van der Waals surface area contributed by atoms with E-state index in [0.717, 1.165) is 23.8 Å². The molecule has 1 aliphatic rings. The zero-order valence-corrected chi connectivity index (χ0v) is 14.7. The lowest BCUT2D eigenvalue weighted by Gasteiger charge is -2.34. The summed E-state index contributed by atoms with van der Waals surface area (Å²) in [6.45, 7) is 3.34. The number of furan rings is 1. The number of ether oxygens (including phenoxy) is 1. The van der Waals surface area contributed by atoms with Crippen molar-refractivity contribution < 1.29 is 18.7 Å². The Morgan fingerprint density at radius 3 is 2.88 bits per heavy atom. The molecule has 1 aromatic carbocycles. The van der Waals surface area contributed by atoms with Crippen molar-refractivity contribution in [3.63, 3.8) is 0 Å². The summed E-state index contributed by atoms with van der Waals surface area (Å²) >= 11 is 0. The smallest absolute Gasteiger partial charge is 0.290 e. The summed E-state index contributed by atoms with van der Waals surface area (Å²) in [7, 11) is 1.60. The van der Waals surface area contributed by atoms with E-state index in [4.69, 9.17) is 9.15 Å². The van der Waals surface area contributed by atoms with Gasteiger partial charge in [0.1, 0.15) is 11.6 Å². The fourth-order valence-corrected chi connectivity index (χ4v) is 3.36. The summed E-state index contributed by atoms with van der Waals surface area (Å²) in [5, 5.41) is 3.54.